The summed E-state index contributed by atoms with van der Waals surface area (Å²) in [5.41, 5.74) is 1.80. The summed E-state index contributed by atoms with van der Waals surface area (Å²) in [7, 11) is 1.55. The van der Waals surface area contributed by atoms with Crippen molar-refractivity contribution in [1.29, 1.82) is 0 Å². The number of furan rings is 1. The van der Waals surface area contributed by atoms with Gasteiger partial charge in [0.15, 0.2) is 0 Å². The molecule has 0 radical (unpaired) electrons. The summed E-state index contributed by atoms with van der Waals surface area (Å²) in [5, 5.41) is 27.2. The molecule has 3 rings (SSSR count). The quantitative estimate of drug-likeness (QED) is 0.273. The Bertz CT molecular complexity index is 990. The Hall–Kier alpha value is -3.56. The number of nitrogens with one attached hydrogen (secondary N) is 2. The molecule has 0 aliphatic heterocycles. The van der Waals surface area contributed by atoms with E-state index >= 15 is 0 Å². The molecule has 0 fully saturated rings. The number of aliphatic hydroxyl groups is 2. The topological polar surface area (TPSA) is 141 Å². The molecular weight excluding hydrogens is 426 g/mol. The van der Waals surface area contributed by atoms with Crippen molar-refractivity contribution in [1.82, 2.24) is 10.6 Å². The van der Waals surface area contributed by atoms with Gasteiger partial charge < -0.3 is 25.3 Å². The Balaban J connectivity index is 0.000000238. The molecule has 33 heavy (non-hydrogen) atoms. The molecule has 2 aromatic carbocycles. The monoisotopic (exact) mass is 455 g/mol. The van der Waals surface area contributed by atoms with Gasteiger partial charge >= 0.3 is 0 Å². The number of aliphatic hydroxyl groups excluding tert-OH is 2. The lowest BCUT2D eigenvalue weighted by molar-refractivity contribution is -0.124. The molecule has 9 heteroatoms. The van der Waals surface area contributed by atoms with Gasteiger partial charge in [0.1, 0.15) is 23.5 Å². The van der Waals surface area contributed by atoms with Crippen molar-refractivity contribution in [2.75, 3.05) is 7.05 Å². The van der Waals surface area contributed by atoms with E-state index in [0.717, 1.165) is 16.5 Å². The van der Waals surface area contributed by atoms with E-state index in [-0.39, 0.29) is 11.8 Å². The molecule has 0 saturated heterocycles. The highest BCUT2D eigenvalue weighted by Gasteiger charge is 2.24. The first kappa shape index (κ1) is 25.7. The summed E-state index contributed by atoms with van der Waals surface area (Å²) in [5.74, 6) is 0.199. The fourth-order valence-electron chi connectivity index (χ4n) is 3.27. The molecule has 0 bridgehead atoms. The average molecular weight is 456 g/mol. The van der Waals surface area contributed by atoms with Crippen LogP contribution in [0.5, 0.6) is 0 Å². The largest absolute Gasteiger partial charge is 0.461 e. The van der Waals surface area contributed by atoms with Crippen LogP contribution >= 0.6 is 0 Å². The Morgan fingerprint density at radius 3 is 2.36 bits per heavy atom. The molecule has 2 amide bonds. The van der Waals surface area contributed by atoms with Crippen LogP contribution in [0, 0.1) is 10.8 Å². The fourth-order valence-corrected chi connectivity index (χ4v) is 3.27. The smallest absolute Gasteiger partial charge is 0.242 e. The highest BCUT2D eigenvalue weighted by molar-refractivity contribution is 5.83. The number of amides is 2. The maximum Gasteiger partial charge on any atom is 0.242 e. The zero-order valence-electron chi connectivity index (χ0n) is 18.5. The number of nitroso groups, excluding NO2 is 1. The molecule has 0 aliphatic carbocycles. The van der Waals surface area contributed by atoms with Crippen molar-refractivity contribution in [3.05, 3.63) is 76.9 Å². The SMILES string of the molecule is CNC(=O)[C@H](Cc1ccccc1)NC=O.C[C@H](Cc1cc2ccccc2o1)C(O)C(O)N=O. The van der Waals surface area contributed by atoms with Crippen molar-refractivity contribution in [3.8, 4) is 0 Å². The number of hydrogen-bond acceptors (Lipinski definition) is 7. The maximum absolute atomic E-state index is 11.4. The normalized spacial score (nSPS) is 14.2. The van der Waals surface area contributed by atoms with Crippen LogP contribution in [0.4, 0.5) is 0 Å². The van der Waals surface area contributed by atoms with Crippen LogP contribution in [-0.2, 0) is 22.4 Å². The van der Waals surface area contributed by atoms with Crippen LogP contribution < -0.4 is 10.6 Å². The van der Waals surface area contributed by atoms with Gasteiger partial charge in [-0.25, -0.2) is 0 Å². The Labute approximate surface area is 191 Å². The van der Waals surface area contributed by atoms with Crippen molar-refractivity contribution in [2.45, 2.75) is 38.1 Å². The number of nitrogens with zero attached hydrogens (tertiary/aromatic N) is 1. The zero-order chi connectivity index (χ0) is 24.2. The second-order valence-electron chi connectivity index (χ2n) is 7.58. The molecule has 4 atom stereocenters. The number of hydrogen-bond donors (Lipinski definition) is 4. The second kappa shape index (κ2) is 13.1. The minimum absolute atomic E-state index is 0.189. The van der Waals surface area contributed by atoms with Gasteiger partial charge in [0.2, 0.25) is 18.5 Å². The molecule has 3 aromatic rings. The summed E-state index contributed by atoms with van der Waals surface area (Å²) < 4.78 is 5.60. The number of carbonyl (C=O) groups is 2. The minimum Gasteiger partial charge on any atom is -0.461 e. The van der Waals surface area contributed by atoms with E-state index in [0.29, 0.717) is 25.0 Å². The van der Waals surface area contributed by atoms with E-state index in [1.165, 1.54) is 0 Å². The van der Waals surface area contributed by atoms with Crippen molar-refractivity contribution >= 4 is 23.3 Å². The Kier molecular flexibility index (Phi) is 10.2. The predicted molar refractivity (Wildman–Crippen MR) is 124 cm³/mol. The number of rotatable bonds is 10. The van der Waals surface area contributed by atoms with E-state index in [9.17, 15) is 19.6 Å². The zero-order valence-corrected chi connectivity index (χ0v) is 18.5. The molecule has 176 valence electrons. The van der Waals surface area contributed by atoms with Crippen LogP contribution in [0.25, 0.3) is 11.0 Å². The number of fused-ring (bicyclic) bond motifs is 1. The third kappa shape index (κ3) is 7.81. The minimum atomic E-state index is -1.59. The van der Waals surface area contributed by atoms with Crippen molar-refractivity contribution in [2.24, 2.45) is 11.1 Å². The molecule has 9 nitrogen and oxygen atoms in total. The van der Waals surface area contributed by atoms with E-state index in [1.54, 1.807) is 14.0 Å². The molecule has 2 unspecified atom stereocenters. The summed E-state index contributed by atoms with van der Waals surface area (Å²) in [4.78, 5) is 31.9. The summed E-state index contributed by atoms with van der Waals surface area (Å²) in [6, 6.07) is 18.5. The molecule has 0 aliphatic rings. The van der Waals surface area contributed by atoms with Gasteiger partial charge in [-0.05, 0) is 28.8 Å². The van der Waals surface area contributed by atoms with E-state index in [1.807, 2.05) is 60.7 Å². The van der Waals surface area contributed by atoms with Gasteiger partial charge in [-0.15, -0.1) is 4.91 Å². The second-order valence-corrected chi connectivity index (χ2v) is 7.58. The van der Waals surface area contributed by atoms with Gasteiger partial charge in [0.25, 0.3) is 0 Å². The van der Waals surface area contributed by atoms with Crippen molar-refractivity contribution in [3.63, 3.8) is 0 Å². The first-order chi connectivity index (χ1) is 15.9. The number of para-hydroxylation sites is 1. The van der Waals surface area contributed by atoms with Crippen LogP contribution in [0.1, 0.15) is 18.2 Å². The highest BCUT2D eigenvalue weighted by atomic mass is 16.4. The first-order valence-electron chi connectivity index (χ1n) is 10.5. The van der Waals surface area contributed by atoms with E-state index in [2.05, 4.69) is 15.8 Å². The third-order valence-corrected chi connectivity index (χ3v) is 5.11. The number of benzene rings is 2. The summed E-state index contributed by atoms with van der Waals surface area (Å²) in [6.45, 7) is 1.73. The van der Waals surface area contributed by atoms with Gasteiger partial charge in [-0.3, -0.25) is 9.59 Å². The standard InChI is InChI=1S/C13H15NO4.C11H14N2O2/c1-8(12(15)13(16)14-17)6-10-7-9-4-2-3-5-11(9)18-10;1-12-11(15)10(13-8-14)7-9-5-3-2-4-6-9/h2-5,7-8,12-13,15-16H,6H2,1H3;2-6,8,10H,7H2,1H3,(H,12,15)(H,13,14)/t8-,12?,13?;10-/m10/s1. The lowest BCUT2D eigenvalue weighted by atomic mass is 9.98. The van der Waals surface area contributed by atoms with Crippen LogP contribution in [-0.4, -0.2) is 48.0 Å². The summed E-state index contributed by atoms with van der Waals surface area (Å²) >= 11 is 0. The van der Waals surface area contributed by atoms with Crippen LogP contribution in [0.15, 0.2) is 70.3 Å². The third-order valence-electron chi connectivity index (χ3n) is 5.11. The predicted octanol–water partition coefficient (Wildman–Crippen LogP) is 2.15. The Morgan fingerprint density at radius 2 is 1.76 bits per heavy atom. The van der Waals surface area contributed by atoms with Crippen LogP contribution in [0.2, 0.25) is 0 Å². The maximum atomic E-state index is 11.4. The number of carbonyl (C=O) groups excluding carboxylic acids is 2. The average Bonchev–Trinajstić information content (AvgIpc) is 3.25. The molecule has 0 spiro atoms. The molecule has 0 saturated carbocycles. The lowest BCUT2D eigenvalue weighted by Crippen LogP contribution is -2.43. The Morgan fingerprint density at radius 1 is 1.09 bits per heavy atom. The fraction of sp³-hybridized carbons (Fsp3) is 0.333. The number of likely N-dealkylation sites (N-methyl/N-ethyl adjacent to an activating group) is 1. The molecule has 4 N–H and O–H groups in total. The van der Waals surface area contributed by atoms with Crippen molar-refractivity contribution < 1.29 is 24.2 Å². The lowest BCUT2D eigenvalue weighted by Gasteiger charge is -2.18. The van der Waals surface area contributed by atoms with Gasteiger partial charge in [-0.1, -0.05) is 55.5 Å². The first-order valence-corrected chi connectivity index (χ1v) is 10.5. The highest BCUT2D eigenvalue weighted by Crippen LogP contribution is 2.22. The molecule has 1 heterocycles. The van der Waals surface area contributed by atoms with Gasteiger partial charge in [0, 0.05) is 25.3 Å². The van der Waals surface area contributed by atoms with E-state index < -0.39 is 18.4 Å². The van der Waals surface area contributed by atoms with E-state index in [4.69, 9.17) is 9.52 Å². The molecule has 1 aromatic heterocycles. The van der Waals surface area contributed by atoms with Gasteiger partial charge in [0.05, 0.1) is 0 Å². The van der Waals surface area contributed by atoms with Gasteiger partial charge in [-0.2, -0.15) is 0 Å². The summed E-state index contributed by atoms with van der Waals surface area (Å²) in [6.07, 6.45) is -1.30. The van der Waals surface area contributed by atoms with Crippen LogP contribution in [0.3, 0.4) is 0 Å². The molecular formula is C24H29N3O6.